The number of piperidine rings is 1. The van der Waals surface area contributed by atoms with Crippen molar-refractivity contribution in [1.29, 1.82) is 0 Å². The Morgan fingerprint density at radius 2 is 2.21 bits per heavy atom. The second kappa shape index (κ2) is 8.18. The minimum atomic E-state index is -0.340. The van der Waals surface area contributed by atoms with Gasteiger partial charge in [-0.15, -0.1) is 0 Å². The maximum Gasteiger partial charge on any atom is 0.277 e. The summed E-state index contributed by atoms with van der Waals surface area (Å²) in [6.07, 6.45) is 5.41. The summed E-state index contributed by atoms with van der Waals surface area (Å²) in [6.45, 7) is 3.67. The molecule has 0 spiro atoms. The lowest BCUT2D eigenvalue weighted by Crippen LogP contribution is -2.43. The van der Waals surface area contributed by atoms with Crippen LogP contribution in [0.4, 0.5) is 16.4 Å². The number of nitrogens with two attached hydrogens (primary N) is 2. The third kappa shape index (κ3) is 4.23. The predicted molar refractivity (Wildman–Crippen MR) is 118 cm³/mol. The second-order valence-corrected chi connectivity index (χ2v) is 8.33. The molecule has 0 bridgehead atoms. The van der Waals surface area contributed by atoms with Crippen molar-refractivity contribution in [3.8, 4) is 10.6 Å². The van der Waals surface area contributed by atoms with Crippen molar-refractivity contribution in [3.63, 3.8) is 0 Å². The Morgan fingerprint density at radius 3 is 3.00 bits per heavy atom. The van der Waals surface area contributed by atoms with E-state index in [1.807, 2.05) is 37.3 Å². The van der Waals surface area contributed by atoms with Crippen LogP contribution in [0.25, 0.3) is 10.6 Å². The molecular weight excluding hydrogens is 384 g/mol. The quantitative estimate of drug-likeness (QED) is 0.611. The van der Waals surface area contributed by atoms with E-state index in [1.165, 1.54) is 11.3 Å². The van der Waals surface area contributed by atoms with Crippen LogP contribution < -0.4 is 21.7 Å². The Balaban J connectivity index is 1.58. The Morgan fingerprint density at radius 1 is 1.34 bits per heavy atom. The summed E-state index contributed by atoms with van der Waals surface area (Å²) in [5, 5.41) is 4.06. The highest BCUT2D eigenvalue weighted by molar-refractivity contribution is 7.19. The van der Waals surface area contributed by atoms with E-state index in [2.05, 4.69) is 20.2 Å². The third-order valence-corrected chi connectivity index (χ3v) is 5.91. The molecule has 1 aromatic carbocycles. The highest BCUT2D eigenvalue weighted by Crippen LogP contribution is 2.32. The molecule has 1 fully saturated rings. The van der Waals surface area contributed by atoms with Gasteiger partial charge in [-0.3, -0.25) is 9.78 Å². The molecule has 150 valence electrons. The smallest absolute Gasteiger partial charge is 0.277 e. The highest BCUT2D eigenvalue weighted by Gasteiger charge is 2.22. The van der Waals surface area contributed by atoms with Crippen molar-refractivity contribution < 1.29 is 4.79 Å². The maximum atomic E-state index is 12.9. The van der Waals surface area contributed by atoms with Crippen molar-refractivity contribution in [1.82, 2.24) is 9.97 Å². The van der Waals surface area contributed by atoms with E-state index in [9.17, 15) is 4.79 Å². The van der Waals surface area contributed by atoms with E-state index in [-0.39, 0.29) is 17.6 Å². The number of nitrogens with zero attached hydrogens (tertiary/aromatic N) is 3. The Kier molecular flexibility index (Phi) is 5.46. The summed E-state index contributed by atoms with van der Waals surface area (Å²) in [4.78, 5) is 23.8. The molecule has 7 nitrogen and oxygen atoms in total. The second-order valence-electron chi connectivity index (χ2n) is 7.30. The predicted octanol–water partition coefficient (Wildman–Crippen LogP) is 3.28. The van der Waals surface area contributed by atoms with E-state index >= 15 is 0 Å². The number of carbonyl (C=O) groups excluding carboxylic acids is 1. The lowest BCUT2D eigenvalue weighted by molar-refractivity contribution is 0.102. The number of thiazole rings is 1. The number of pyridine rings is 1. The zero-order valence-corrected chi connectivity index (χ0v) is 17.1. The number of amides is 1. The van der Waals surface area contributed by atoms with Gasteiger partial charge in [0, 0.05) is 30.9 Å². The van der Waals surface area contributed by atoms with Gasteiger partial charge in [0.1, 0.15) is 10.0 Å². The number of benzene rings is 1. The van der Waals surface area contributed by atoms with Crippen molar-refractivity contribution in [2.24, 2.45) is 5.73 Å². The van der Waals surface area contributed by atoms with E-state index in [4.69, 9.17) is 11.5 Å². The molecule has 1 amide bonds. The lowest BCUT2D eigenvalue weighted by atomic mass is 10.1. The molecule has 1 saturated heterocycles. The van der Waals surface area contributed by atoms with Gasteiger partial charge in [0.25, 0.3) is 5.91 Å². The van der Waals surface area contributed by atoms with E-state index in [1.54, 1.807) is 12.4 Å². The number of anilines is 3. The fourth-order valence-corrected chi connectivity index (χ4v) is 4.39. The summed E-state index contributed by atoms with van der Waals surface area (Å²) >= 11 is 1.31. The van der Waals surface area contributed by atoms with E-state index in [0.29, 0.717) is 10.7 Å². The molecule has 29 heavy (non-hydrogen) atoms. The summed E-state index contributed by atoms with van der Waals surface area (Å²) in [5.41, 5.74) is 16.1. The van der Waals surface area contributed by atoms with Crippen LogP contribution in [-0.2, 0) is 0 Å². The summed E-state index contributed by atoms with van der Waals surface area (Å²) in [7, 11) is 0. The molecule has 4 rings (SSSR count). The van der Waals surface area contributed by atoms with Gasteiger partial charge < -0.3 is 21.7 Å². The molecule has 2 aromatic heterocycles. The monoisotopic (exact) mass is 408 g/mol. The van der Waals surface area contributed by atoms with Crippen molar-refractivity contribution in [3.05, 3.63) is 54.0 Å². The number of hydrogen-bond donors (Lipinski definition) is 3. The molecular formula is C21H24N6OS. The van der Waals surface area contributed by atoms with Crippen LogP contribution >= 0.6 is 11.3 Å². The number of hydrogen-bond acceptors (Lipinski definition) is 7. The van der Waals surface area contributed by atoms with Gasteiger partial charge in [0.05, 0.1) is 17.6 Å². The number of carbonyl (C=O) groups is 1. The Labute approximate surface area is 173 Å². The first-order chi connectivity index (χ1) is 14.0. The van der Waals surface area contributed by atoms with Crippen LogP contribution in [0.1, 0.15) is 28.9 Å². The standard InChI is InChI=1S/C21H24N6OS/c1-13-4-2-5-14(10-13)21-26-18(19(23)29-21)20(28)25-16-11-24-8-7-17(16)27-9-3-6-15(22)12-27/h2,4-5,7-8,10-11,15H,3,6,9,12,22-23H2,1H3,(H,25,28)/t15-/m0/s1. The van der Waals surface area contributed by atoms with Crippen LogP contribution in [0.15, 0.2) is 42.7 Å². The number of aryl methyl sites for hydroxylation is 1. The maximum absolute atomic E-state index is 12.9. The largest absolute Gasteiger partial charge is 0.389 e. The van der Waals surface area contributed by atoms with Crippen LogP contribution in [0.2, 0.25) is 0 Å². The first-order valence-electron chi connectivity index (χ1n) is 9.60. The van der Waals surface area contributed by atoms with Gasteiger partial charge in [-0.2, -0.15) is 0 Å². The van der Waals surface area contributed by atoms with Gasteiger partial charge in [0.15, 0.2) is 5.69 Å². The van der Waals surface area contributed by atoms with E-state index in [0.717, 1.165) is 47.8 Å². The zero-order valence-electron chi connectivity index (χ0n) is 16.3. The first kappa shape index (κ1) is 19.4. The van der Waals surface area contributed by atoms with Crippen molar-refractivity contribution >= 4 is 33.6 Å². The van der Waals surface area contributed by atoms with Gasteiger partial charge in [-0.05, 0) is 31.9 Å². The molecule has 1 aliphatic rings. The minimum Gasteiger partial charge on any atom is -0.389 e. The normalized spacial score (nSPS) is 16.6. The molecule has 0 saturated carbocycles. The fraction of sp³-hybridized carbons (Fsp3) is 0.286. The van der Waals surface area contributed by atoms with Crippen molar-refractivity contribution in [2.75, 3.05) is 29.0 Å². The molecule has 1 atom stereocenters. The van der Waals surface area contributed by atoms with Crippen LogP contribution in [0.5, 0.6) is 0 Å². The minimum absolute atomic E-state index is 0.131. The third-order valence-electron chi connectivity index (χ3n) is 4.98. The number of nitrogens with one attached hydrogen (secondary N) is 1. The van der Waals surface area contributed by atoms with Gasteiger partial charge in [0.2, 0.25) is 0 Å². The fourth-order valence-electron chi connectivity index (χ4n) is 3.57. The van der Waals surface area contributed by atoms with Gasteiger partial charge in [-0.1, -0.05) is 35.1 Å². The van der Waals surface area contributed by atoms with Gasteiger partial charge in [-0.25, -0.2) is 4.98 Å². The first-order valence-corrected chi connectivity index (χ1v) is 10.4. The number of rotatable bonds is 4. The molecule has 1 aliphatic heterocycles. The van der Waals surface area contributed by atoms with Gasteiger partial charge >= 0.3 is 0 Å². The Hall–Kier alpha value is -2.97. The highest BCUT2D eigenvalue weighted by atomic mass is 32.1. The molecule has 0 radical (unpaired) electrons. The average molecular weight is 409 g/mol. The average Bonchev–Trinajstić information content (AvgIpc) is 3.10. The number of aromatic nitrogens is 2. The topological polar surface area (TPSA) is 110 Å². The van der Waals surface area contributed by atoms with Crippen LogP contribution in [0, 0.1) is 6.92 Å². The lowest BCUT2D eigenvalue weighted by Gasteiger charge is -2.33. The molecule has 0 aliphatic carbocycles. The van der Waals surface area contributed by atoms with E-state index < -0.39 is 0 Å². The molecule has 0 unspecified atom stereocenters. The molecule has 8 heteroatoms. The molecule has 3 aromatic rings. The van der Waals surface area contributed by atoms with Crippen LogP contribution in [-0.4, -0.2) is 35.0 Å². The zero-order chi connectivity index (χ0) is 20.4. The summed E-state index contributed by atoms with van der Waals surface area (Å²) in [6, 6.07) is 10.0. The summed E-state index contributed by atoms with van der Waals surface area (Å²) < 4.78 is 0. The molecule has 3 heterocycles. The molecule has 5 N–H and O–H groups in total. The SMILES string of the molecule is Cc1cccc(-c2nc(C(=O)Nc3cnccc3N3CCC[C@H](N)C3)c(N)s2)c1. The Bertz CT molecular complexity index is 1030. The number of nitrogen functional groups attached to an aromatic ring is 1. The summed E-state index contributed by atoms with van der Waals surface area (Å²) in [5.74, 6) is -0.340. The van der Waals surface area contributed by atoms with Crippen LogP contribution in [0.3, 0.4) is 0 Å². The van der Waals surface area contributed by atoms with Crippen molar-refractivity contribution in [2.45, 2.75) is 25.8 Å².